The summed E-state index contributed by atoms with van der Waals surface area (Å²) in [5, 5.41) is 0. The van der Waals surface area contributed by atoms with Crippen LogP contribution in [0.4, 0.5) is 0 Å². The van der Waals surface area contributed by atoms with Crippen molar-refractivity contribution in [1.29, 1.82) is 0 Å². The molecular formula is C14H20O2. The fraction of sp³-hybridized carbons (Fsp3) is 0.500. The summed E-state index contributed by atoms with van der Waals surface area (Å²) in [6.07, 6.45) is 0. The molecule has 0 radical (unpaired) electrons. The topological polar surface area (TPSA) is 26.3 Å². The molecular weight excluding hydrogens is 200 g/mol. The number of methoxy groups -OCH3 is 1. The van der Waals surface area contributed by atoms with Crippen LogP contribution in [0.25, 0.3) is 0 Å². The molecule has 0 saturated heterocycles. The fourth-order valence-corrected chi connectivity index (χ4v) is 1.56. The van der Waals surface area contributed by atoms with Crippen molar-refractivity contribution in [2.24, 2.45) is 11.8 Å². The number of carbonyl (C=O) groups is 1. The first-order valence-corrected chi connectivity index (χ1v) is 5.66. The average Bonchev–Trinajstić information content (AvgIpc) is 2.26. The minimum Gasteiger partial charge on any atom is -0.496 e. The summed E-state index contributed by atoms with van der Waals surface area (Å²) < 4.78 is 5.23. The smallest absolute Gasteiger partial charge is 0.169 e. The Morgan fingerprint density at radius 3 is 2.38 bits per heavy atom. The molecule has 16 heavy (non-hydrogen) atoms. The second-order valence-corrected chi connectivity index (χ2v) is 4.60. The number of ether oxygens (including phenoxy) is 1. The number of Topliss-reactive ketones (excluding diaryl/α,β-unsaturated/α-hetero) is 1. The van der Waals surface area contributed by atoms with Crippen molar-refractivity contribution >= 4 is 5.78 Å². The normalized spacial score (nSPS) is 12.6. The summed E-state index contributed by atoms with van der Waals surface area (Å²) >= 11 is 0. The highest BCUT2D eigenvalue weighted by Gasteiger charge is 2.21. The largest absolute Gasteiger partial charge is 0.496 e. The van der Waals surface area contributed by atoms with E-state index in [9.17, 15) is 4.79 Å². The van der Waals surface area contributed by atoms with Crippen molar-refractivity contribution in [2.45, 2.75) is 27.7 Å². The van der Waals surface area contributed by atoms with Crippen LogP contribution >= 0.6 is 0 Å². The molecule has 2 nitrogen and oxygen atoms in total. The molecule has 1 rings (SSSR count). The monoisotopic (exact) mass is 220 g/mol. The first-order valence-electron chi connectivity index (χ1n) is 5.66. The predicted octanol–water partition coefficient (Wildman–Crippen LogP) is 3.48. The number of hydrogen-bond donors (Lipinski definition) is 0. The highest BCUT2D eigenvalue weighted by Crippen LogP contribution is 2.25. The summed E-state index contributed by atoms with van der Waals surface area (Å²) in [5.41, 5.74) is 1.78. The van der Waals surface area contributed by atoms with Gasteiger partial charge in [-0.2, -0.15) is 0 Å². The summed E-state index contributed by atoms with van der Waals surface area (Å²) in [7, 11) is 1.60. The molecule has 0 bridgehead atoms. The third kappa shape index (κ3) is 2.63. The molecule has 0 fully saturated rings. The molecule has 1 unspecified atom stereocenters. The number of aryl methyl sites for hydroxylation is 1. The fourth-order valence-electron chi connectivity index (χ4n) is 1.56. The van der Waals surface area contributed by atoms with Gasteiger partial charge in [-0.25, -0.2) is 0 Å². The lowest BCUT2D eigenvalue weighted by molar-refractivity contribution is 0.0896. The van der Waals surface area contributed by atoms with Crippen molar-refractivity contribution in [2.75, 3.05) is 7.11 Å². The molecule has 0 aliphatic heterocycles. The predicted molar refractivity (Wildman–Crippen MR) is 66.1 cm³/mol. The van der Waals surface area contributed by atoms with Crippen molar-refractivity contribution in [3.63, 3.8) is 0 Å². The van der Waals surface area contributed by atoms with Crippen LogP contribution in [-0.2, 0) is 0 Å². The number of rotatable bonds is 4. The van der Waals surface area contributed by atoms with Crippen LogP contribution in [0, 0.1) is 18.8 Å². The van der Waals surface area contributed by atoms with Crippen molar-refractivity contribution in [1.82, 2.24) is 0 Å². The number of ketones is 1. The summed E-state index contributed by atoms with van der Waals surface area (Å²) in [4.78, 5) is 12.2. The molecule has 1 aromatic carbocycles. The van der Waals surface area contributed by atoms with Crippen molar-refractivity contribution < 1.29 is 9.53 Å². The highest BCUT2D eigenvalue weighted by molar-refractivity contribution is 6.00. The van der Waals surface area contributed by atoms with Gasteiger partial charge in [0, 0.05) is 5.92 Å². The van der Waals surface area contributed by atoms with Gasteiger partial charge in [0.15, 0.2) is 5.78 Å². The standard InChI is InChI=1S/C14H20O2/c1-9(2)11(4)14(15)12-8-10(3)6-7-13(12)16-5/h6-9,11H,1-5H3. The first-order chi connectivity index (χ1) is 7.47. The zero-order valence-electron chi connectivity index (χ0n) is 10.7. The third-order valence-electron chi connectivity index (χ3n) is 3.03. The van der Waals surface area contributed by atoms with Gasteiger partial charge in [-0.3, -0.25) is 4.79 Å². The van der Waals surface area contributed by atoms with E-state index in [1.165, 1.54) is 0 Å². The molecule has 0 amide bonds. The Labute approximate surface area is 97.6 Å². The Morgan fingerprint density at radius 2 is 1.88 bits per heavy atom. The highest BCUT2D eigenvalue weighted by atomic mass is 16.5. The number of carbonyl (C=O) groups excluding carboxylic acids is 1. The van der Waals surface area contributed by atoms with E-state index in [-0.39, 0.29) is 11.7 Å². The van der Waals surface area contributed by atoms with E-state index in [2.05, 4.69) is 13.8 Å². The minimum absolute atomic E-state index is 0.0238. The molecule has 0 aromatic heterocycles. The second kappa shape index (κ2) is 5.15. The van der Waals surface area contributed by atoms with Crippen LogP contribution in [-0.4, -0.2) is 12.9 Å². The maximum Gasteiger partial charge on any atom is 0.169 e. The van der Waals surface area contributed by atoms with Gasteiger partial charge in [0.25, 0.3) is 0 Å². The number of benzene rings is 1. The van der Waals surface area contributed by atoms with Gasteiger partial charge in [-0.05, 0) is 25.0 Å². The van der Waals surface area contributed by atoms with E-state index in [0.29, 0.717) is 17.2 Å². The van der Waals surface area contributed by atoms with E-state index in [0.717, 1.165) is 5.56 Å². The average molecular weight is 220 g/mol. The van der Waals surface area contributed by atoms with Gasteiger partial charge >= 0.3 is 0 Å². The Bertz CT molecular complexity index is 380. The zero-order valence-corrected chi connectivity index (χ0v) is 10.7. The summed E-state index contributed by atoms with van der Waals surface area (Å²) in [5.74, 6) is 1.20. The van der Waals surface area contributed by atoms with Gasteiger partial charge in [0.2, 0.25) is 0 Å². The lowest BCUT2D eigenvalue weighted by Gasteiger charge is -2.16. The SMILES string of the molecule is COc1ccc(C)cc1C(=O)C(C)C(C)C. The van der Waals surface area contributed by atoms with Crippen LogP contribution in [0.2, 0.25) is 0 Å². The molecule has 0 spiro atoms. The molecule has 0 N–H and O–H groups in total. The van der Waals surface area contributed by atoms with E-state index in [4.69, 9.17) is 4.74 Å². The summed E-state index contributed by atoms with van der Waals surface area (Å²) in [6, 6.07) is 5.71. The Kier molecular flexibility index (Phi) is 4.11. The maximum atomic E-state index is 12.2. The van der Waals surface area contributed by atoms with E-state index >= 15 is 0 Å². The molecule has 0 saturated carbocycles. The molecule has 1 atom stereocenters. The van der Waals surface area contributed by atoms with E-state index < -0.39 is 0 Å². The third-order valence-corrected chi connectivity index (χ3v) is 3.03. The van der Waals surface area contributed by atoms with Crippen LogP contribution in [0.5, 0.6) is 5.75 Å². The molecule has 88 valence electrons. The quantitative estimate of drug-likeness (QED) is 0.726. The Hall–Kier alpha value is -1.31. The van der Waals surface area contributed by atoms with Crippen molar-refractivity contribution in [3.05, 3.63) is 29.3 Å². The van der Waals surface area contributed by atoms with Crippen LogP contribution in [0.3, 0.4) is 0 Å². The van der Waals surface area contributed by atoms with E-state index in [1.54, 1.807) is 7.11 Å². The van der Waals surface area contributed by atoms with Gasteiger partial charge in [-0.1, -0.05) is 32.4 Å². The Balaban J connectivity index is 3.11. The molecule has 1 aromatic rings. The van der Waals surface area contributed by atoms with Crippen LogP contribution < -0.4 is 4.74 Å². The van der Waals surface area contributed by atoms with Crippen LogP contribution in [0.1, 0.15) is 36.7 Å². The Morgan fingerprint density at radius 1 is 1.25 bits per heavy atom. The lowest BCUT2D eigenvalue weighted by atomic mass is 9.89. The van der Waals surface area contributed by atoms with Crippen LogP contribution in [0.15, 0.2) is 18.2 Å². The van der Waals surface area contributed by atoms with E-state index in [1.807, 2.05) is 32.0 Å². The van der Waals surface area contributed by atoms with Gasteiger partial charge in [-0.15, -0.1) is 0 Å². The van der Waals surface area contributed by atoms with Gasteiger partial charge < -0.3 is 4.74 Å². The van der Waals surface area contributed by atoms with Gasteiger partial charge in [0.05, 0.1) is 12.7 Å². The molecule has 0 aliphatic carbocycles. The molecule has 2 heteroatoms. The lowest BCUT2D eigenvalue weighted by Crippen LogP contribution is -2.17. The van der Waals surface area contributed by atoms with Gasteiger partial charge in [0.1, 0.15) is 5.75 Å². The molecule has 0 heterocycles. The minimum atomic E-state index is 0.0238. The van der Waals surface area contributed by atoms with Crippen molar-refractivity contribution in [3.8, 4) is 5.75 Å². The first kappa shape index (κ1) is 12.8. The second-order valence-electron chi connectivity index (χ2n) is 4.60. The zero-order chi connectivity index (χ0) is 12.3. The summed E-state index contributed by atoms with van der Waals surface area (Å²) in [6.45, 7) is 8.07. The maximum absolute atomic E-state index is 12.2. The number of hydrogen-bond acceptors (Lipinski definition) is 2. The molecule has 0 aliphatic rings.